The zero-order valence-electron chi connectivity index (χ0n) is 23.7. The van der Waals surface area contributed by atoms with Crippen LogP contribution in [0.3, 0.4) is 0 Å². The molecular weight excluding hydrogens is 544 g/mol. The van der Waals surface area contributed by atoms with Gasteiger partial charge in [-0.2, -0.15) is 0 Å². The molecule has 4 N–H and O–H groups in total. The Morgan fingerprint density at radius 1 is 0.581 bits per heavy atom. The molecule has 2 amide bonds. The number of aromatic carboxylic acids is 2. The molecule has 0 aliphatic rings. The average molecular weight is 575 g/mol. The zero-order valence-corrected chi connectivity index (χ0v) is 23.7. The number of hydrogen-bond donors (Lipinski definition) is 4. The Labute approximate surface area is 249 Å². The van der Waals surface area contributed by atoms with Crippen LogP contribution >= 0.6 is 0 Å². The minimum absolute atomic E-state index is 0.0362. The molecule has 0 saturated heterocycles. The molecule has 8 heteroatoms. The summed E-state index contributed by atoms with van der Waals surface area (Å²) in [5.41, 5.74) is 3.59. The molecule has 8 nitrogen and oxygen atoms in total. The Morgan fingerprint density at radius 3 is 1.23 bits per heavy atom. The second kappa shape index (κ2) is 12.4. The fourth-order valence-corrected chi connectivity index (χ4v) is 4.63. The summed E-state index contributed by atoms with van der Waals surface area (Å²) in [7, 11) is 0. The van der Waals surface area contributed by atoms with Gasteiger partial charge in [0.1, 0.15) is 0 Å². The van der Waals surface area contributed by atoms with Gasteiger partial charge in [-0.3, -0.25) is 9.59 Å². The van der Waals surface area contributed by atoms with E-state index in [2.05, 4.69) is 23.8 Å². The summed E-state index contributed by atoms with van der Waals surface area (Å²) in [6.45, 7) is 11.4. The molecule has 0 aliphatic carbocycles. The predicted octanol–water partition coefficient (Wildman–Crippen LogP) is 7.20. The third-order valence-corrected chi connectivity index (χ3v) is 7.24. The van der Waals surface area contributed by atoms with E-state index >= 15 is 0 Å². The van der Waals surface area contributed by atoms with Gasteiger partial charge < -0.3 is 20.8 Å². The maximum absolute atomic E-state index is 12.9. The standard InChI is InChI=1S/C35H30N2O6/c1-5-21-7-17-27(33(40)41)29(19-21)31(38)36-25-13-9-23(10-14-25)35(3,4)24-11-15-26(16-12-24)37-32(39)30-20-22(6-2)8-18-28(30)34(42)43/h5-20H,1-2H2,3-4H3,(H,36,38)(H,37,39)(H,40,41)(H,42,43). The van der Waals surface area contributed by atoms with E-state index in [0.717, 1.165) is 11.1 Å². The molecule has 0 fully saturated rings. The van der Waals surface area contributed by atoms with Gasteiger partial charge in [-0.1, -0.05) is 75.6 Å². The first-order valence-corrected chi connectivity index (χ1v) is 13.3. The molecule has 4 aromatic rings. The highest BCUT2D eigenvalue weighted by Gasteiger charge is 2.24. The van der Waals surface area contributed by atoms with Gasteiger partial charge in [-0.15, -0.1) is 0 Å². The average Bonchev–Trinajstić information content (AvgIpc) is 3.00. The zero-order chi connectivity index (χ0) is 31.3. The van der Waals surface area contributed by atoms with Crippen molar-refractivity contribution in [3.05, 3.63) is 143 Å². The third-order valence-electron chi connectivity index (χ3n) is 7.24. The van der Waals surface area contributed by atoms with Crippen LogP contribution in [0.25, 0.3) is 12.2 Å². The molecule has 43 heavy (non-hydrogen) atoms. The van der Waals surface area contributed by atoms with Crippen LogP contribution in [-0.4, -0.2) is 34.0 Å². The molecule has 0 heterocycles. The maximum atomic E-state index is 12.9. The molecule has 4 rings (SSSR count). The molecule has 0 aliphatic heterocycles. The van der Waals surface area contributed by atoms with E-state index in [4.69, 9.17) is 0 Å². The summed E-state index contributed by atoms with van der Waals surface area (Å²) >= 11 is 0. The fraction of sp³-hybridized carbons (Fsp3) is 0.0857. The number of carbonyl (C=O) groups excluding carboxylic acids is 2. The van der Waals surface area contributed by atoms with Crippen LogP contribution in [-0.2, 0) is 5.41 Å². The van der Waals surface area contributed by atoms with Crippen molar-refractivity contribution in [2.75, 3.05) is 10.6 Å². The van der Waals surface area contributed by atoms with E-state index in [1.165, 1.54) is 36.4 Å². The van der Waals surface area contributed by atoms with Gasteiger partial charge in [0.2, 0.25) is 0 Å². The van der Waals surface area contributed by atoms with Crippen LogP contribution < -0.4 is 10.6 Å². The number of benzene rings is 4. The van der Waals surface area contributed by atoms with Crippen molar-refractivity contribution in [2.24, 2.45) is 0 Å². The molecular formula is C35H30N2O6. The lowest BCUT2D eigenvalue weighted by Gasteiger charge is -2.26. The number of amides is 2. The number of anilines is 2. The van der Waals surface area contributed by atoms with Crippen molar-refractivity contribution in [1.82, 2.24) is 0 Å². The summed E-state index contributed by atoms with van der Waals surface area (Å²) in [5, 5.41) is 24.5. The second-order valence-corrected chi connectivity index (χ2v) is 10.3. The van der Waals surface area contributed by atoms with Crippen LogP contribution in [0.15, 0.2) is 98.1 Å². The summed E-state index contributed by atoms with van der Waals surface area (Å²) in [6, 6.07) is 23.4. The van der Waals surface area contributed by atoms with E-state index in [9.17, 15) is 29.4 Å². The third kappa shape index (κ3) is 6.60. The molecule has 0 saturated carbocycles. The van der Waals surface area contributed by atoms with Crippen molar-refractivity contribution in [2.45, 2.75) is 19.3 Å². The Hall–Kier alpha value is -5.76. The Kier molecular flexibility index (Phi) is 8.71. The highest BCUT2D eigenvalue weighted by atomic mass is 16.4. The summed E-state index contributed by atoms with van der Waals surface area (Å²) in [6.07, 6.45) is 3.08. The number of carboxylic acids is 2. The van der Waals surface area contributed by atoms with Crippen molar-refractivity contribution >= 4 is 47.3 Å². The van der Waals surface area contributed by atoms with Crippen molar-refractivity contribution < 1.29 is 29.4 Å². The van der Waals surface area contributed by atoms with Gasteiger partial charge in [-0.25, -0.2) is 9.59 Å². The number of carbonyl (C=O) groups is 4. The monoisotopic (exact) mass is 574 g/mol. The molecule has 0 radical (unpaired) electrons. The van der Waals surface area contributed by atoms with E-state index in [1.54, 1.807) is 36.4 Å². The van der Waals surface area contributed by atoms with Gasteiger partial charge in [0.25, 0.3) is 11.8 Å². The molecule has 0 unspecified atom stereocenters. The summed E-state index contributed by atoms with van der Waals surface area (Å²) in [5.74, 6) is -3.49. The normalized spacial score (nSPS) is 10.8. The van der Waals surface area contributed by atoms with Crippen LogP contribution in [0.1, 0.15) is 77.5 Å². The van der Waals surface area contributed by atoms with Crippen LogP contribution in [0, 0.1) is 0 Å². The van der Waals surface area contributed by atoms with Crippen LogP contribution in [0.4, 0.5) is 11.4 Å². The highest BCUT2D eigenvalue weighted by Crippen LogP contribution is 2.33. The number of hydrogen-bond acceptors (Lipinski definition) is 4. The molecule has 4 aromatic carbocycles. The van der Waals surface area contributed by atoms with E-state index in [0.29, 0.717) is 22.5 Å². The van der Waals surface area contributed by atoms with Crippen molar-refractivity contribution in [3.8, 4) is 0 Å². The largest absolute Gasteiger partial charge is 0.478 e. The number of carboxylic acid groups (broad SMARTS) is 2. The van der Waals surface area contributed by atoms with Crippen molar-refractivity contribution in [1.29, 1.82) is 0 Å². The van der Waals surface area contributed by atoms with Gasteiger partial charge in [0, 0.05) is 16.8 Å². The summed E-state index contributed by atoms with van der Waals surface area (Å²) < 4.78 is 0. The van der Waals surface area contributed by atoms with Gasteiger partial charge in [0.15, 0.2) is 0 Å². The topological polar surface area (TPSA) is 133 Å². The Bertz CT molecular complexity index is 1620. The molecule has 216 valence electrons. The molecule has 0 aromatic heterocycles. The highest BCUT2D eigenvalue weighted by molar-refractivity contribution is 6.12. The van der Waals surface area contributed by atoms with E-state index in [1.807, 2.05) is 38.1 Å². The van der Waals surface area contributed by atoms with Crippen LogP contribution in [0.2, 0.25) is 0 Å². The first-order valence-electron chi connectivity index (χ1n) is 13.3. The number of nitrogens with one attached hydrogen (secondary N) is 2. The summed E-state index contributed by atoms with van der Waals surface area (Å²) in [4.78, 5) is 49.1. The van der Waals surface area contributed by atoms with Crippen LogP contribution in [0.5, 0.6) is 0 Å². The lowest BCUT2D eigenvalue weighted by Crippen LogP contribution is -2.20. The minimum Gasteiger partial charge on any atom is -0.478 e. The molecule has 0 spiro atoms. The maximum Gasteiger partial charge on any atom is 0.336 e. The van der Waals surface area contributed by atoms with Gasteiger partial charge in [-0.05, 0) is 70.8 Å². The fourth-order valence-electron chi connectivity index (χ4n) is 4.63. The first-order chi connectivity index (χ1) is 20.4. The predicted molar refractivity (Wildman–Crippen MR) is 168 cm³/mol. The van der Waals surface area contributed by atoms with E-state index in [-0.39, 0.29) is 22.3 Å². The Balaban J connectivity index is 1.49. The minimum atomic E-state index is -1.20. The van der Waals surface area contributed by atoms with Gasteiger partial charge in [0.05, 0.1) is 22.3 Å². The molecule has 0 atom stereocenters. The second-order valence-electron chi connectivity index (χ2n) is 10.3. The van der Waals surface area contributed by atoms with Crippen molar-refractivity contribution in [3.63, 3.8) is 0 Å². The SMILES string of the molecule is C=Cc1ccc(C(=O)O)c(C(=O)Nc2ccc(C(C)(C)c3ccc(NC(=O)c4cc(C=C)ccc4C(=O)O)cc3)cc2)c1. The number of rotatable bonds is 10. The van der Waals surface area contributed by atoms with Gasteiger partial charge >= 0.3 is 11.9 Å². The lowest BCUT2D eigenvalue weighted by molar-refractivity contribution is 0.0683. The first kappa shape index (κ1) is 30.2. The Morgan fingerprint density at radius 2 is 0.930 bits per heavy atom. The van der Waals surface area contributed by atoms with E-state index < -0.39 is 29.2 Å². The smallest absolute Gasteiger partial charge is 0.336 e. The lowest BCUT2D eigenvalue weighted by atomic mass is 9.78. The quantitative estimate of drug-likeness (QED) is 0.158. The molecule has 0 bridgehead atoms.